The summed E-state index contributed by atoms with van der Waals surface area (Å²) in [5.74, 6) is 1.18. The molecule has 0 heteroatoms. The van der Waals surface area contributed by atoms with Crippen molar-refractivity contribution in [2.75, 3.05) is 0 Å². The third kappa shape index (κ3) is 11.7. The summed E-state index contributed by atoms with van der Waals surface area (Å²) in [6.07, 6.45) is 18.9. The minimum Gasteiger partial charge on any atom is -0.0985 e. The van der Waals surface area contributed by atoms with Gasteiger partial charge in [0.1, 0.15) is 0 Å². The third-order valence-corrected chi connectivity index (χ3v) is 6.17. The summed E-state index contributed by atoms with van der Waals surface area (Å²) in [6.45, 7) is 25.1. The smallest absolute Gasteiger partial charge is 0.0274 e. The molecule has 0 aliphatic heterocycles. The second-order valence-corrected chi connectivity index (χ2v) is 8.70. The predicted molar refractivity (Wildman–Crippen MR) is 160 cm³/mol. The van der Waals surface area contributed by atoms with Crippen molar-refractivity contribution in [3.05, 3.63) is 107 Å². The zero-order chi connectivity index (χ0) is 25.2. The minimum atomic E-state index is 0. The molecule has 2 unspecified atom stereocenters. The maximum absolute atomic E-state index is 4.10. The van der Waals surface area contributed by atoms with Crippen LogP contribution in [0.5, 0.6) is 0 Å². The molecule has 1 aromatic rings. The quantitative estimate of drug-likeness (QED) is 0.253. The van der Waals surface area contributed by atoms with Crippen LogP contribution in [-0.4, -0.2) is 0 Å². The Balaban J connectivity index is 0. The molecule has 0 heterocycles. The first kappa shape index (κ1) is 33.8. The predicted octanol–water partition coefficient (Wildman–Crippen LogP) is 11.5. The maximum atomic E-state index is 4.10. The summed E-state index contributed by atoms with van der Waals surface area (Å²) in [7, 11) is 0. The monoisotopic (exact) mass is 462 g/mol. The van der Waals surface area contributed by atoms with Gasteiger partial charge in [0.05, 0.1) is 0 Å². The van der Waals surface area contributed by atoms with E-state index in [0.717, 1.165) is 12.3 Å². The van der Waals surface area contributed by atoms with Crippen LogP contribution in [-0.2, 0) is 0 Å². The zero-order valence-corrected chi connectivity index (χ0v) is 22.9. The Hall–Kier alpha value is -2.34. The summed E-state index contributed by atoms with van der Waals surface area (Å²) < 4.78 is 0. The van der Waals surface area contributed by atoms with Crippen LogP contribution in [0, 0.1) is 12.8 Å². The summed E-state index contributed by atoms with van der Waals surface area (Å²) in [6, 6.07) is 8.97. The van der Waals surface area contributed by atoms with Crippen LogP contribution in [0.3, 0.4) is 0 Å². The maximum Gasteiger partial charge on any atom is 0.0274 e. The van der Waals surface area contributed by atoms with Crippen LogP contribution in [0.1, 0.15) is 105 Å². The van der Waals surface area contributed by atoms with Gasteiger partial charge in [-0.2, -0.15) is 0 Å². The first-order valence-corrected chi connectivity index (χ1v) is 12.8. The van der Waals surface area contributed by atoms with Crippen molar-refractivity contribution in [3.8, 4) is 0 Å². The molecule has 0 spiro atoms. The van der Waals surface area contributed by atoms with E-state index in [-0.39, 0.29) is 7.43 Å². The summed E-state index contributed by atoms with van der Waals surface area (Å²) in [4.78, 5) is 0. The van der Waals surface area contributed by atoms with Crippen LogP contribution >= 0.6 is 0 Å². The fraction of sp³-hybridized carbons (Fsp3) is 0.471. The van der Waals surface area contributed by atoms with Gasteiger partial charge in [0, 0.05) is 5.92 Å². The van der Waals surface area contributed by atoms with Crippen LogP contribution < -0.4 is 0 Å². The molecule has 0 saturated heterocycles. The number of unbranched alkanes of at least 4 members (excludes halogenated alkanes) is 1. The van der Waals surface area contributed by atoms with E-state index in [2.05, 4.69) is 97.2 Å². The van der Waals surface area contributed by atoms with Crippen LogP contribution in [0.2, 0.25) is 0 Å². The lowest BCUT2D eigenvalue weighted by molar-refractivity contribution is 0.569. The highest BCUT2D eigenvalue weighted by atomic mass is 14.3. The Labute approximate surface area is 214 Å². The first-order chi connectivity index (χ1) is 15.8. The second-order valence-electron chi connectivity index (χ2n) is 8.70. The Kier molecular flexibility index (Phi) is 20.0. The molecule has 0 bridgehead atoms. The zero-order valence-electron chi connectivity index (χ0n) is 22.9. The lowest BCUT2D eigenvalue weighted by Crippen LogP contribution is -2.15. The lowest BCUT2D eigenvalue weighted by Gasteiger charge is -2.29. The van der Waals surface area contributed by atoms with Crippen molar-refractivity contribution in [2.45, 2.75) is 101 Å². The fourth-order valence-electron chi connectivity index (χ4n) is 3.93. The molecular formula is C34H54. The van der Waals surface area contributed by atoms with Crippen molar-refractivity contribution < 1.29 is 0 Å². The molecular weight excluding hydrogens is 408 g/mol. The van der Waals surface area contributed by atoms with Crippen molar-refractivity contribution >= 4 is 0 Å². The molecule has 0 aromatic heterocycles. The molecule has 0 amide bonds. The molecule has 2 rings (SSSR count). The Morgan fingerprint density at radius 2 is 1.71 bits per heavy atom. The number of aryl methyl sites for hydroxylation is 1. The van der Waals surface area contributed by atoms with E-state index in [1.807, 2.05) is 32.1 Å². The summed E-state index contributed by atoms with van der Waals surface area (Å²) >= 11 is 0. The number of rotatable bonds is 9. The van der Waals surface area contributed by atoms with Gasteiger partial charge in [-0.1, -0.05) is 126 Å². The molecule has 34 heavy (non-hydrogen) atoms. The van der Waals surface area contributed by atoms with Gasteiger partial charge in [0.15, 0.2) is 0 Å². The molecule has 0 saturated carbocycles. The SMILES string of the molecule is C.C/C=C\C.C=CC(=C\CC)/C(=C/C)C1C=C(C)C1=C.CCCCC(CC)c1cccc(C)c1. The average molecular weight is 463 g/mol. The van der Waals surface area contributed by atoms with E-state index in [1.165, 1.54) is 59.1 Å². The van der Waals surface area contributed by atoms with Gasteiger partial charge in [-0.3, -0.25) is 0 Å². The first-order valence-electron chi connectivity index (χ1n) is 12.8. The molecule has 0 radical (unpaired) electrons. The normalized spacial score (nSPS) is 16.2. The molecule has 2 atom stereocenters. The second kappa shape index (κ2) is 20.1. The number of hydrogen-bond donors (Lipinski definition) is 0. The fourth-order valence-corrected chi connectivity index (χ4v) is 3.93. The van der Waals surface area contributed by atoms with Gasteiger partial charge >= 0.3 is 0 Å². The summed E-state index contributed by atoms with van der Waals surface area (Å²) in [5, 5.41) is 0. The van der Waals surface area contributed by atoms with Crippen molar-refractivity contribution in [2.24, 2.45) is 5.92 Å². The number of benzene rings is 1. The van der Waals surface area contributed by atoms with Crippen molar-refractivity contribution in [1.29, 1.82) is 0 Å². The van der Waals surface area contributed by atoms with Crippen LogP contribution in [0.25, 0.3) is 0 Å². The highest BCUT2D eigenvalue weighted by molar-refractivity contribution is 5.55. The Morgan fingerprint density at radius 3 is 2.09 bits per heavy atom. The Morgan fingerprint density at radius 1 is 1.06 bits per heavy atom. The highest BCUT2D eigenvalue weighted by Crippen LogP contribution is 2.39. The van der Waals surface area contributed by atoms with Crippen LogP contribution in [0.4, 0.5) is 0 Å². The van der Waals surface area contributed by atoms with Gasteiger partial charge in [0.2, 0.25) is 0 Å². The topological polar surface area (TPSA) is 0 Å². The van der Waals surface area contributed by atoms with Gasteiger partial charge in [-0.05, 0) is 82.1 Å². The summed E-state index contributed by atoms with van der Waals surface area (Å²) in [5.41, 5.74) is 8.06. The van der Waals surface area contributed by atoms with E-state index < -0.39 is 0 Å². The van der Waals surface area contributed by atoms with E-state index >= 15 is 0 Å². The molecule has 0 nitrogen and oxygen atoms in total. The van der Waals surface area contributed by atoms with E-state index in [4.69, 9.17) is 0 Å². The molecule has 0 N–H and O–H groups in total. The number of allylic oxidation sites excluding steroid dienone is 10. The van der Waals surface area contributed by atoms with E-state index in [1.54, 1.807) is 0 Å². The van der Waals surface area contributed by atoms with E-state index in [0.29, 0.717) is 5.92 Å². The third-order valence-electron chi connectivity index (χ3n) is 6.17. The van der Waals surface area contributed by atoms with Crippen molar-refractivity contribution in [3.63, 3.8) is 0 Å². The van der Waals surface area contributed by atoms with Gasteiger partial charge in [-0.15, -0.1) is 0 Å². The van der Waals surface area contributed by atoms with Crippen LogP contribution in [0.15, 0.2) is 96.2 Å². The standard InChI is InChI=1S/C15H20.C14H22.C4H8.CH4/c1-6-9-13(7-2)14(8-3)15-10-11(4)12(15)5;1-4-6-9-13(5-2)14-10-7-8-12(3)11-14;1-3-4-2;/h7-10,15H,2,5-6H2,1,3-4H3;7-8,10-11,13H,4-6,9H2,1-3H3;3-4H,1-2H3;1H4/b13-9+,14-8-;;4-3-;. The van der Waals surface area contributed by atoms with E-state index in [9.17, 15) is 0 Å². The lowest BCUT2D eigenvalue weighted by atomic mass is 9.75. The van der Waals surface area contributed by atoms with Gasteiger partial charge in [-0.25, -0.2) is 0 Å². The van der Waals surface area contributed by atoms with Gasteiger partial charge < -0.3 is 0 Å². The van der Waals surface area contributed by atoms with Gasteiger partial charge in [0.25, 0.3) is 0 Å². The number of hydrogen-bond acceptors (Lipinski definition) is 0. The average Bonchev–Trinajstić information content (AvgIpc) is 2.84. The molecule has 0 fully saturated rings. The molecule has 1 aliphatic carbocycles. The minimum absolute atomic E-state index is 0. The van der Waals surface area contributed by atoms with Crippen molar-refractivity contribution in [1.82, 2.24) is 0 Å². The molecule has 1 aromatic carbocycles. The largest absolute Gasteiger partial charge is 0.0985 e. The molecule has 1 aliphatic rings. The molecule has 190 valence electrons. The highest BCUT2D eigenvalue weighted by Gasteiger charge is 2.24. The Bertz CT molecular complexity index is 821.